The van der Waals surface area contributed by atoms with Gasteiger partial charge in [-0.2, -0.15) is 0 Å². The highest BCUT2D eigenvalue weighted by molar-refractivity contribution is 9.10. The number of hydrogen-bond acceptors (Lipinski definition) is 10. The van der Waals surface area contributed by atoms with Crippen LogP contribution < -0.4 is 5.73 Å². The highest BCUT2D eigenvalue weighted by atomic mass is 79.9. The Labute approximate surface area is 211 Å². The SMILES string of the molecule is Brc1cnc(-c2ccccn2)o1.NCCO.O=Cc1ccccn1.c1ccc(C2=NCCO2)nc1. The van der Waals surface area contributed by atoms with E-state index < -0.39 is 0 Å². The lowest BCUT2D eigenvalue weighted by Gasteiger charge is -1.97. The standard InChI is InChI=1S/C8H5BrN2O.C8H8N2O.C6H5NO.C2H7NO/c9-7-5-11-8(12-7)6-3-1-2-4-10-6;1-2-4-9-7(3-1)8-10-5-6-11-8;8-5-6-3-1-2-4-7-6;3-1-2-4/h1-5H;1-4H,5-6H2;1-5H;4H,1-3H2. The highest BCUT2D eigenvalue weighted by Crippen LogP contribution is 2.19. The van der Waals surface area contributed by atoms with E-state index >= 15 is 0 Å². The molecule has 1 aliphatic heterocycles. The Hall–Kier alpha value is -3.80. The molecule has 4 aromatic heterocycles. The maximum absolute atomic E-state index is 9.94. The zero-order valence-corrected chi connectivity index (χ0v) is 20.4. The molecule has 4 aromatic rings. The summed E-state index contributed by atoms with van der Waals surface area (Å²) in [4.78, 5) is 30.0. The normalized spacial score (nSPS) is 11.2. The molecule has 182 valence electrons. The Morgan fingerprint density at radius 1 is 0.943 bits per heavy atom. The Morgan fingerprint density at radius 3 is 1.97 bits per heavy atom. The molecule has 0 saturated heterocycles. The van der Waals surface area contributed by atoms with E-state index in [2.05, 4.69) is 40.9 Å². The van der Waals surface area contributed by atoms with E-state index in [1.54, 1.807) is 43.0 Å². The average Bonchev–Trinajstić information content (AvgIpc) is 3.64. The van der Waals surface area contributed by atoms with Gasteiger partial charge in [0.15, 0.2) is 11.0 Å². The molecule has 5 rings (SSSR count). The number of aliphatic hydroxyl groups is 1. The summed E-state index contributed by atoms with van der Waals surface area (Å²) in [7, 11) is 0. The number of rotatable bonds is 4. The number of aldehydes is 1. The molecule has 0 aliphatic carbocycles. The number of aromatic nitrogens is 4. The minimum atomic E-state index is 0.0972. The first-order valence-electron chi connectivity index (χ1n) is 10.5. The van der Waals surface area contributed by atoms with E-state index in [1.807, 2.05) is 36.4 Å². The minimum Gasteiger partial charge on any atom is -0.474 e. The molecule has 0 spiro atoms. The van der Waals surface area contributed by atoms with Gasteiger partial charge in [0.2, 0.25) is 11.8 Å². The molecule has 0 amide bonds. The summed E-state index contributed by atoms with van der Waals surface area (Å²) < 4.78 is 11.1. The minimum absolute atomic E-state index is 0.0972. The van der Waals surface area contributed by atoms with Gasteiger partial charge < -0.3 is 20.0 Å². The number of carbonyl (C=O) groups is 1. The third-order valence-electron chi connectivity index (χ3n) is 3.77. The molecule has 0 atom stereocenters. The topological polar surface area (TPSA) is 150 Å². The number of hydrogen-bond donors (Lipinski definition) is 2. The number of nitrogens with two attached hydrogens (primary N) is 1. The van der Waals surface area contributed by atoms with Gasteiger partial charge in [-0.15, -0.1) is 0 Å². The number of pyridine rings is 3. The smallest absolute Gasteiger partial charge is 0.246 e. The number of aliphatic imine (C=N–C) groups is 1. The fourth-order valence-electron chi connectivity index (χ4n) is 2.29. The van der Waals surface area contributed by atoms with Crippen LogP contribution >= 0.6 is 15.9 Å². The van der Waals surface area contributed by atoms with Crippen LogP contribution in [0.4, 0.5) is 0 Å². The van der Waals surface area contributed by atoms with Crippen LogP contribution in [-0.4, -0.2) is 63.5 Å². The van der Waals surface area contributed by atoms with Crippen LogP contribution in [0.5, 0.6) is 0 Å². The van der Waals surface area contributed by atoms with Crippen molar-refractivity contribution >= 4 is 28.1 Å². The third-order valence-corrected chi connectivity index (χ3v) is 4.14. The Balaban J connectivity index is 0.000000175. The molecule has 0 aromatic carbocycles. The van der Waals surface area contributed by atoms with Gasteiger partial charge in [0.05, 0.1) is 19.3 Å². The molecule has 5 heterocycles. The fraction of sp³-hybridized carbons (Fsp3) is 0.167. The summed E-state index contributed by atoms with van der Waals surface area (Å²) in [6.45, 7) is 1.91. The number of nitrogens with zero attached hydrogens (tertiary/aromatic N) is 5. The van der Waals surface area contributed by atoms with Gasteiger partial charge in [-0.1, -0.05) is 18.2 Å². The lowest BCUT2D eigenvalue weighted by Crippen LogP contribution is -2.02. The lowest BCUT2D eigenvalue weighted by molar-refractivity contribution is 0.111. The van der Waals surface area contributed by atoms with Gasteiger partial charge >= 0.3 is 0 Å². The van der Waals surface area contributed by atoms with Crippen LogP contribution in [0.25, 0.3) is 11.6 Å². The largest absolute Gasteiger partial charge is 0.474 e. The van der Waals surface area contributed by atoms with E-state index in [0.717, 1.165) is 24.2 Å². The van der Waals surface area contributed by atoms with Gasteiger partial charge in [-0.25, -0.2) is 9.98 Å². The van der Waals surface area contributed by atoms with Crippen molar-refractivity contribution in [2.45, 2.75) is 0 Å². The molecular weight excluding hydrogens is 516 g/mol. The molecule has 0 fully saturated rings. The predicted octanol–water partition coefficient (Wildman–Crippen LogP) is 3.19. The summed E-state index contributed by atoms with van der Waals surface area (Å²) in [5.41, 5.74) is 6.82. The zero-order valence-electron chi connectivity index (χ0n) is 18.8. The molecule has 11 heteroatoms. The number of aliphatic hydroxyl groups excluding tert-OH is 1. The van der Waals surface area contributed by atoms with Crippen LogP contribution in [-0.2, 0) is 4.74 Å². The zero-order chi connectivity index (χ0) is 25.1. The first kappa shape index (κ1) is 27.4. The van der Waals surface area contributed by atoms with Crippen molar-refractivity contribution in [2.24, 2.45) is 10.7 Å². The molecule has 1 aliphatic rings. The first-order valence-corrected chi connectivity index (χ1v) is 11.3. The van der Waals surface area contributed by atoms with Crippen LogP contribution in [0, 0.1) is 0 Å². The number of carbonyl (C=O) groups excluding carboxylic acids is 1. The summed E-state index contributed by atoms with van der Waals surface area (Å²) >= 11 is 3.17. The van der Waals surface area contributed by atoms with Crippen LogP contribution in [0.2, 0.25) is 0 Å². The summed E-state index contributed by atoms with van der Waals surface area (Å²) in [5.74, 6) is 1.20. The maximum atomic E-state index is 9.94. The molecule has 0 bridgehead atoms. The molecule has 0 saturated carbocycles. The molecule has 0 radical (unpaired) electrons. The van der Waals surface area contributed by atoms with Crippen molar-refractivity contribution in [3.8, 4) is 11.6 Å². The van der Waals surface area contributed by atoms with E-state index in [4.69, 9.17) is 20.0 Å². The second-order valence-electron chi connectivity index (χ2n) is 6.32. The van der Waals surface area contributed by atoms with Crippen molar-refractivity contribution in [1.29, 1.82) is 0 Å². The van der Waals surface area contributed by atoms with Gasteiger partial charge in [0.25, 0.3) is 0 Å². The molecule has 3 N–H and O–H groups in total. The van der Waals surface area contributed by atoms with Crippen molar-refractivity contribution < 1.29 is 19.1 Å². The quantitative estimate of drug-likeness (QED) is 0.372. The maximum Gasteiger partial charge on any atom is 0.246 e. The number of oxazole rings is 1. The van der Waals surface area contributed by atoms with Crippen LogP contribution in [0.15, 0.2) is 93.5 Å². The van der Waals surface area contributed by atoms with E-state index in [-0.39, 0.29) is 6.61 Å². The van der Waals surface area contributed by atoms with Crippen molar-refractivity contribution in [3.63, 3.8) is 0 Å². The molecule has 10 nitrogen and oxygen atoms in total. The predicted molar refractivity (Wildman–Crippen MR) is 135 cm³/mol. The van der Waals surface area contributed by atoms with Gasteiger partial charge in [0.1, 0.15) is 23.7 Å². The van der Waals surface area contributed by atoms with Gasteiger partial charge in [-0.3, -0.25) is 19.7 Å². The number of ether oxygens (including phenoxy) is 1. The van der Waals surface area contributed by atoms with Crippen molar-refractivity contribution in [1.82, 2.24) is 19.9 Å². The van der Waals surface area contributed by atoms with Crippen molar-refractivity contribution in [2.75, 3.05) is 26.3 Å². The van der Waals surface area contributed by atoms with Crippen molar-refractivity contribution in [3.05, 3.63) is 95.4 Å². The van der Waals surface area contributed by atoms with Gasteiger partial charge in [-0.05, 0) is 52.3 Å². The summed E-state index contributed by atoms with van der Waals surface area (Å²) in [6, 6.07) is 16.5. The Morgan fingerprint density at radius 2 is 1.57 bits per heavy atom. The number of halogens is 1. The van der Waals surface area contributed by atoms with E-state index in [1.165, 1.54) is 0 Å². The Bertz CT molecular complexity index is 1130. The summed E-state index contributed by atoms with van der Waals surface area (Å²) in [6.07, 6.45) is 7.35. The first-order chi connectivity index (χ1) is 17.2. The molecular formula is C24H25BrN6O4. The average molecular weight is 541 g/mol. The third kappa shape index (κ3) is 10.8. The fourth-order valence-corrected chi connectivity index (χ4v) is 2.54. The monoisotopic (exact) mass is 540 g/mol. The van der Waals surface area contributed by atoms with E-state index in [9.17, 15) is 4.79 Å². The molecule has 0 unspecified atom stereocenters. The summed E-state index contributed by atoms with van der Waals surface area (Å²) in [5, 5.41) is 7.75. The van der Waals surface area contributed by atoms with E-state index in [0.29, 0.717) is 35.3 Å². The highest BCUT2D eigenvalue weighted by Gasteiger charge is 2.09. The Kier molecular flexibility index (Phi) is 13.1. The lowest BCUT2D eigenvalue weighted by atomic mass is 10.3. The second-order valence-corrected chi connectivity index (χ2v) is 7.10. The van der Waals surface area contributed by atoms with Crippen LogP contribution in [0.3, 0.4) is 0 Å². The molecule has 35 heavy (non-hydrogen) atoms. The second kappa shape index (κ2) is 16.8. The van der Waals surface area contributed by atoms with Crippen LogP contribution in [0.1, 0.15) is 16.2 Å². The van der Waals surface area contributed by atoms with Gasteiger partial charge in [0, 0.05) is 25.1 Å².